The predicted molar refractivity (Wildman–Crippen MR) is 72.6 cm³/mol. The fraction of sp³-hybridized carbons (Fsp3) is 0.167. The minimum Gasteiger partial charge on any atom is -0.378 e. The zero-order chi connectivity index (χ0) is 13.8. The van der Waals surface area contributed by atoms with Gasteiger partial charge in [0.15, 0.2) is 5.69 Å². The maximum absolute atomic E-state index is 11.4. The quantitative estimate of drug-likeness (QED) is 0.819. The first-order valence-corrected chi connectivity index (χ1v) is 5.57. The molecule has 0 spiro atoms. The first-order chi connectivity index (χ1) is 9.06. The van der Waals surface area contributed by atoms with Crippen LogP contribution >= 0.6 is 0 Å². The number of hydrogen-bond donors (Lipinski definition) is 2. The van der Waals surface area contributed by atoms with Gasteiger partial charge in [0.25, 0.3) is 5.56 Å². The second kappa shape index (κ2) is 5.30. The summed E-state index contributed by atoms with van der Waals surface area (Å²) in [6.45, 7) is 0. The largest absolute Gasteiger partial charge is 0.378 e. The minimum absolute atomic E-state index is 0.0521. The van der Waals surface area contributed by atoms with Gasteiger partial charge in [0.2, 0.25) is 0 Å². The number of azo groups is 1. The van der Waals surface area contributed by atoms with Crippen LogP contribution in [0.25, 0.3) is 0 Å². The fourth-order valence-corrected chi connectivity index (χ4v) is 1.41. The minimum atomic E-state index is -0.572. The van der Waals surface area contributed by atoms with Crippen molar-refractivity contribution in [3.63, 3.8) is 0 Å². The third-order valence-electron chi connectivity index (χ3n) is 2.44. The molecular weight excluding hydrogens is 246 g/mol. The van der Waals surface area contributed by atoms with Gasteiger partial charge in [-0.3, -0.25) is 9.78 Å². The Morgan fingerprint density at radius 3 is 2.32 bits per heavy atom. The van der Waals surface area contributed by atoms with Crippen LogP contribution in [0.15, 0.2) is 50.3 Å². The highest BCUT2D eigenvalue weighted by Gasteiger charge is 1.98. The van der Waals surface area contributed by atoms with Crippen LogP contribution in [0, 0.1) is 0 Å². The molecule has 2 N–H and O–H groups in total. The average molecular weight is 259 g/mol. The molecule has 19 heavy (non-hydrogen) atoms. The van der Waals surface area contributed by atoms with E-state index in [1.54, 1.807) is 12.1 Å². The summed E-state index contributed by atoms with van der Waals surface area (Å²) in [7, 11) is 3.88. The molecule has 0 saturated carbocycles. The van der Waals surface area contributed by atoms with E-state index >= 15 is 0 Å². The number of benzene rings is 1. The van der Waals surface area contributed by atoms with E-state index in [2.05, 4.69) is 20.2 Å². The van der Waals surface area contributed by atoms with E-state index in [0.29, 0.717) is 5.69 Å². The van der Waals surface area contributed by atoms with E-state index in [4.69, 9.17) is 0 Å². The molecule has 98 valence electrons. The highest BCUT2D eigenvalue weighted by atomic mass is 16.2. The monoisotopic (exact) mass is 259 g/mol. The van der Waals surface area contributed by atoms with Gasteiger partial charge in [0.05, 0.1) is 5.69 Å². The molecule has 0 bridgehead atoms. The molecule has 0 amide bonds. The second-order valence-electron chi connectivity index (χ2n) is 4.07. The van der Waals surface area contributed by atoms with Crippen molar-refractivity contribution < 1.29 is 0 Å². The fourth-order valence-electron chi connectivity index (χ4n) is 1.41. The number of aromatic nitrogens is 2. The Kier molecular flexibility index (Phi) is 3.56. The molecule has 0 aliphatic heterocycles. The summed E-state index contributed by atoms with van der Waals surface area (Å²) >= 11 is 0. The Hall–Kier alpha value is -2.70. The van der Waals surface area contributed by atoms with Crippen LogP contribution in [0.4, 0.5) is 17.1 Å². The molecule has 1 aromatic carbocycles. The molecule has 0 saturated heterocycles. The summed E-state index contributed by atoms with van der Waals surface area (Å²) in [5, 5.41) is 7.72. The number of hydrogen-bond acceptors (Lipinski definition) is 5. The molecule has 0 aliphatic rings. The molecule has 0 radical (unpaired) electrons. The number of nitrogens with one attached hydrogen (secondary N) is 2. The van der Waals surface area contributed by atoms with Crippen LogP contribution in [-0.4, -0.2) is 24.1 Å². The highest BCUT2D eigenvalue weighted by molar-refractivity contribution is 5.51. The third kappa shape index (κ3) is 3.15. The molecule has 1 aromatic heterocycles. The van der Waals surface area contributed by atoms with E-state index in [9.17, 15) is 9.59 Å². The van der Waals surface area contributed by atoms with Crippen molar-refractivity contribution in [1.29, 1.82) is 0 Å². The lowest BCUT2D eigenvalue weighted by Crippen LogP contribution is -2.20. The van der Waals surface area contributed by atoms with Gasteiger partial charge in [0, 0.05) is 26.0 Å². The van der Waals surface area contributed by atoms with Gasteiger partial charge in [-0.1, -0.05) is 0 Å². The number of aromatic amines is 2. The van der Waals surface area contributed by atoms with Crippen molar-refractivity contribution in [1.82, 2.24) is 9.97 Å². The molecule has 7 nitrogen and oxygen atoms in total. The Morgan fingerprint density at radius 1 is 1.05 bits per heavy atom. The Bertz CT molecular complexity index is 697. The first-order valence-electron chi connectivity index (χ1n) is 5.57. The van der Waals surface area contributed by atoms with Crippen LogP contribution in [0.1, 0.15) is 0 Å². The van der Waals surface area contributed by atoms with Gasteiger partial charge in [0.1, 0.15) is 0 Å². The van der Waals surface area contributed by atoms with Gasteiger partial charge in [-0.25, -0.2) is 4.79 Å². The number of nitrogens with zero attached hydrogens (tertiary/aromatic N) is 3. The summed E-state index contributed by atoms with van der Waals surface area (Å²) in [6.07, 6.45) is 1.22. The highest BCUT2D eigenvalue weighted by Crippen LogP contribution is 2.19. The molecule has 0 unspecified atom stereocenters. The predicted octanol–water partition coefficient (Wildman–Crippen LogP) is 1.54. The van der Waals surface area contributed by atoms with Crippen molar-refractivity contribution in [2.24, 2.45) is 10.2 Å². The zero-order valence-electron chi connectivity index (χ0n) is 10.5. The lowest BCUT2D eigenvalue weighted by molar-refractivity contribution is 1.02. The van der Waals surface area contributed by atoms with E-state index in [1.165, 1.54) is 6.20 Å². The van der Waals surface area contributed by atoms with Gasteiger partial charge < -0.3 is 9.88 Å². The average Bonchev–Trinajstić information content (AvgIpc) is 2.38. The van der Waals surface area contributed by atoms with Crippen LogP contribution < -0.4 is 16.1 Å². The summed E-state index contributed by atoms with van der Waals surface area (Å²) in [5.41, 5.74) is 0.574. The van der Waals surface area contributed by atoms with Crippen molar-refractivity contribution >= 4 is 17.1 Å². The van der Waals surface area contributed by atoms with E-state index in [0.717, 1.165) is 5.69 Å². The third-order valence-corrected chi connectivity index (χ3v) is 2.44. The van der Waals surface area contributed by atoms with E-state index < -0.39 is 11.2 Å². The van der Waals surface area contributed by atoms with Crippen LogP contribution in [0.5, 0.6) is 0 Å². The molecular formula is C12H13N5O2. The van der Waals surface area contributed by atoms with Gasteiger partial charge in [-0.15, -0.1) is 5.11 Å². The zero-order valence-corrected chi connectivity index (χ0v) is 10.5. The molecule has 7 heteroatoms. The van der Waals surface area contributed by atoms with Crippen molar-refractivity contribution in [2.75, 3.05) is 19.0 Å². The normalized spacial score (nSPS) is 10.8. The maximum Gasteiger partial charge on any atom is 0.325 e. The van der Waals surface area contributed by atoms with Crippen molar-refractivity contribution in [3.8, 4) is 0 Å². The molecule has 2 aromatic rings. The summed E-state index contributed by atoms with van der Waals surface area (Å²) in [5.74, 6) is 0. The number of H-pyrrole nitrogens is 2. The van der Waals surface area contributed by atoms with Gasteiger partial charge in [-0.2, -0.15) is 5.11 Å². The molecule has 0 aliphatic carbocycles. The molecule has 0 atom stereocenters. The second-order valence-corrected chi connectivity index (χ2v) is 4.07. The number of anilines is 1. The standard InChI is InChI=1S/C12H13N5O2/c1-17(2)9-5-3-8(4-6-9)15-16-10-7-13-12(19)14-11(10)18/h3-7H,1-2H3,(H2,13,14,18,19). The Labute approximate surface area is 108 Å². The van der Waals surface area contributed by atoms with Crippen LogP contribution in [0.3, 0.4) is 0 Å². The Morgan fingerprint density at radius 2 is 1.74 bits per heavy atom. The van der Waals surface area contributed by atoms with E-state index in [1.807, 2.05) is 31.1 Å². The van der Waals surface area contributed by atoms with Crippen molar-refractivity contribution in [3.05, 3.63) is 51.3 Å². The molecule has 2 rings (SSSR count). The van der Waals surface area contributed by atoms with Crippen LogP contribution in [0.2, 0.25) is 0 Å². The summed E-state index contributed by atoms with van der Waals surface area (Å²) in [4.78, 5) is 28.6. The van der Waals surface area contributed by atoms with Gasteiger partial charge >= 0.3 is 5.69 Å². The summed E-state index contributed by atoms with van der Waals surface area (Å²) in [6, 6.07) is 7.37. The lowest BCUT2D eigenvalue weighted by atomic mass is 10.3. The summed E-state index contributed by atoms with van der Waals surface area (Å²) < 4.78 is 0. The smallest absolute Gasteiger partial charge is 0.325 e. The molecule has 1 heterocycles. The van der Waals surface area contributed by atoms with E-state index in [-0.39, 0.29) is 5.69 Å². The number of rotatable bonds is 3. The Balaban J connectivity index is 2.23. The SMILES string of the molecule is CN(C)c1ccc(N=Nc2c[nH]c(=O)[nH]c2=O)cc1. The molecule has 0 fully saturated rings. The maximum atomic E-state index is 11.4. The van der Waals surface area contributed by atoms with Crippen LogP contribution in [-0.2, 0) is 0 Å². The lowest BCUT2D eigenvalue weighted by Gasteiger charge is -2.11. The van der Waals surface area contributed by atoms with Crippen molar-refractivity contribution in [2.45, 2.75) is 0 Å². The topological polar surface area (TPSA) is 93.7 Å². The van der Waals surface area contributed by atoms with Gasteiger partial charge in [-0.05, 0) is 24.3 Å². The first kappa shape index (κ1) is 12.7.